The Morgan fingerprint density at radius 3 is 2.70 bits per heavy atom. The van der Waals surface area contributed by atoms with E-state index in [0.717, 1.165) is 5.56 Å². The Morgan fingerprint density at radius 2 is 2.00 bits per heavy atom. The summed E-state index contributed by atoms with van der Waals surface area (Å²) in [6.07, 6.45) is 1.71. The second-order valence-electron chi connectivity index (χ2n) is 4.16. The van der Waals surface area contributed by atoms with E-state index in [9.17, 15) is 9.90 Å². The molecule has 1 aromatic carbocycles. The SMILES string of the molecule is COC(=O)c1cccn2nc(-c3ccc(O)cc3)nc12. The molecule has 6 nitrogen and oxygen atoms in total. The summed E-state index contributed by atoms with van der Waals surface area (Å²) in [6.45, 7) is 0. The third kappa shape index (κ3) is 1.97. The molecule has 0 aliphatic heterocycles. The summed E-state index contributed by atoms with van der Waals surface area (Å²) in [7, 11) is 1.32. The second-order valence-corrected chi connectivity index (χ2v) is 4.16. The number of esters is 1. The summed E-state index contributed by atoms with van der Waals surface area (Å²) in [5.41, 5.74) is 1.54. The van der Waals surface area contributed by atoms with E-state index < -0.39 is 5.97 Å². The van der Waals surface area contributed by atoms with E-state index in [0.29, 0.717) is 17.0 Å². The van der Waals surface area contributed by atoms with Gasteiger partial charge in [0.2, 0.25) is 0 Å². The third-order valence-electron chi connectivity index (χ3n) is 2.89. The first-order chi connectivity index (χ1) is 9.69. The van der Waals surface area contributed by atoms with Crippen molar-refractivity contribution in [2.45, 2.75) is 0 Å². The van der Waals surface area contributed by atoms with Crippen molar-refractivity contribution in [3.8, 4) is 17.1 Å². The Kier molecular flexibility index (Phi) is 2.83. The first-order valence-electron chi connectivity index (χ1n) is 5.92. The molecule has 0 atom stereocenters. The number of aromatic nitrogens is 3. The van der Waals surface area contributed by atoms with Crippen LogP contribution in [0.25, 0.3) is 17.0 Å². The van der Waals surface area contributed by atoms with E-state index in [1.165, 1.54) is 11.6 Å². The molecule has 1 N–H and O–H groups in total. The summed E-state index contributed by atoms with van der Waals surface area (Å²) in [4.78, 5) is 16.0. The van der Waals surface area contributed by atoms with Crippen molar-refractivity contribution >= 4 is 11.6 Å². The molecule has 100 valence electrons. The van der Waals surface area contributed by atoms with Gasteiger partial charge in [-0.25, -0.2) is 14.3 Å². The minimum absolute atomic E-state index is 0.174. The molecule has 0 unspecified atom stereocenters. The minimum Gasteiger partial charge on any atom is -0.508 e. The quantitative estimate of drug-likeness (QED) is 0.719. The zero-order valence-electron chi connectivity index (χ0n) is 10.6. The Morgan fingerprint density at radius 1 is 1.25 bits per heavy atom. The highest BCUT2D eigenvalue weighted by Crippen LogP contribution is 2.20. The highest BCUT2D eigenvalue weighted by atomic mass is 16.5. The number of methoxy groups -OCH3 is 1. The van der Waals surface area contributed by atoms with Crippen LogP contribution in [0.1, 0.15) is 10.4 Å². The molecule has 0 fully saturated rings. The highest BCUT2D eigenvalue weighted by molar-refractivity contribution is 5.95. The zero-order valence-corrected chi connectivity index (χ0v) is 10.6. The number of benzene rings is 1. The average Bonchev–Trinajstić information content (AvgIpc) is 2.91. The lowest BCUT2D eigenvalue weighted by Crippen LogP contribution is -2.04. The molecule has 20 heavy (non-hydrogen) atoms. The minimum atomic E-state index is -0.458. The lowest BCUT2D eigenvalue weighted by Gasteiger charge is -1.99. The molecule has 0 aliphatic carbocycles. The van der Waals surface area contributed by atoms with E-state index in [4.69, 9.17) is 4.74 Å². The molecular weight excluding hydrogens is 258 g/mol. The molecule has 0 radical (unpaired) electrons. The molecular formula is C14H11N3O3. The van der Waals surface area contributed by atoms with E-state index in [-0.39, 0.29) is 5.75 Å². The molecule has 0 spiro atoms. The second kappa shape index (κ2) is 4.65. The number of hydrogen-bond acceptors (Lipinski definition) is 5. The van der Waals surface area contributed by atoms with Gasteiger partial charge in [0.05, 0.1) is 7.11 Å². The molecule has 2 aromatic heterocycles. The van der Waals surface area contributed by atoms with Gasteiger partial charge in [0.1, 0.15) is 11.3 Å². The summed E-state index contributed by atoms with van der Waals surface area (Å²) in [5, 5.41) is 13.6. The molecule has 2 heterocycles. The number of carbonyl (C=O) groups is 1. The molecule has 6 heteroatoms. The van der Waals surface area contributed by atoms with Gasteiger partial charge in [0, 0.05) is 11.8 Å². The van der Waals surface area contributed by atoms with E-state index in [2.05, 4.69) is 10.1 Å². The highest BCUT2D eigenvalue weighted by Gasteiger charge is 2.15. The van der Waals surface area contributed by atoms with Crippen LogP contribution in [0.3, 0.4) is 0 Å². The number of nitrogens with zero attached hydrogens (tertiary/aromatic N) is 3. The maximum absolute atomic E-state index is 11.7. The van der Waals surface area contributed by atoms with Crippen LogP contribution < -0.4 is 0 Å². The Bertz CT molecular complexity index is 778. The molecule has 0 saturated carbocycles. The zero-order chi connectivity index (χ0) is 14.1. The van der Waals surface area contributed by atoms with Crippen LogP contribution in [0.5, 0.6) is 5.75 Å². The lowest BCUT2D eigenvalue weighted by atomic mass is 10.2. The van der Waals surface area contributed by atoms with Crippen molar-refractivity contribution in [1.29, 1.82) is 0 Å². The molecule has 3 aromatic rings. The van der Waals surface area contributed by atoms with Gasteiger partial charge in [-0.3, -0.25) is 0 Å². The number of aromatic hydroxyl groups is 1. The van der Waals surface area contributed by atoms with Crippen molar-refractivity contribution in [3.63, 3.8) is 0 Å². The standard InChI is InChI=1S/C14H11N3O3/c1-20-14(19)11-3-2-8-17-13(11)15-12(16-17)9-4-6-10(18)7-5-9/h2-8,18H,1H3. The summed E-state index contributed by atoms with van der Waals surface area (Å²) in [6, 6.07) is 9.87. The van der Waals surface area contributed by atoms with Gasteiger partial charge in [-0.2, -0.15) is 0 Å². The third-order valence-corrected chi connectivity index (χ3v) is 2.89. The Hall–Kier alpha value is -2.89. The topological polar surface area (TPSA) is 76.7 Å². The van der Waals surface area contributed by atoms with Crippen LogP contribution in [0.15, 0.2) is 42.6 Å². The number of phenols is 1. The normalized spacial score (nSPS) is 10.7. The summed E-state index contributed by atoms with van der Waals surface area (Å²) in [5.74, 6) is 0.189. The van der Waals surface area contributed by atoms with Gasteiger partial charge in [0.25, 0.3) is 0 Å². The largest absolute Gasteiger partial charge is 0.508 e. The van der Waals surface area contributed by atoms with Gasteiger partial charge < -0.3 is 9.84 Å². The van der Waals surface area contributed by atoms with Gasteiger partial charge >= 0.3 is 5.97 Å². The van der Waals surface area contributed by atoms with Crippen molar-refractivity contribution in [1.82, 2.24) is 14.6 Å². The van der Waals surface area contributed by atoms with Crippen LogP contribution in [0.2, 0.25) is 0 Å². The van der Waals surface area contributed by atoms with Crippen LogP contribution >= 0.6 is 0 Å². The molecule has 0 aliphatic rings. The van der Waals surface area contributed by atoms with Crippen LogP contribution in [0.4, 0.5) is 0 Å². The number of fused-ring (bicyclic) bond motifs is 1. The van der Waals surface area contributed by atoms with Gasteiger partial charge in [-0.05, 0) is 36.4 Å². The Labute approximate surface area is 114 Å². The van der Waals surface area contributed by atoms with E-state index in [1.807, 2.05) is 0 Å². The van der Waals surface area contributed by atoms with Crippen molar-refractivity contribution in [2.75, 3.05) is 7.11 Å². The van der Waals surface area contributed by atoms with Gasteiger partial charge in [-0.15, -0.1) is 5.10 Å². The average molecular weight is 269 g/mol. The number of hydrogen-bond donors (Lipinski definition) is 1. The van der Waals surface area contributed by atoms with Gasteiger partial charge in [-0.1, -0.05) is 0 Å². The first kappa shape index (κ1) is 12.2. The number of phenolic OH excluding ortho intramolecular Hbond substituents is 1. The van der Waals surface area contributed by atoms with Crippen molar-refractivity contribution in [3.05, 3.63) is 48.2 Å². The van der Waals surface area contributed by atoms with Crippen LogP contribution in [-0.2, 0) is 4.74 Å². The van der Waals surface area contributed by atoms with Gasteiger partial charge in [0.15, 0.2) is 11.5 Å². The number of rotatable bonds is 2. The van der Waals surface area contributed by atoms with E-state index >= 15 is 0 Å². The molecule has 0 amide bonds. The fourth-order valence-electron chi connectivity index (χ4n) is 1.91. The Balaban J connectivity index is 2.15. The van der Waals surface area contributed by atoms with Crippen LogP contribution in [-0.4, -0.2) is 32.8 Å². The number of ether oxygens (including phenoxy) is 1. The van der Waals surface area contributed by atoms with Crippen LogP contribution in [0, 0.1) is 0 Å². The fourth-order valence-corrected chi connectivity index (χ4v) is 1.91. The van der Waals surface area contributed by atoms with Crippen molar-refractivity contribution < 1.29 is 14.6 Å². The first-order valence-corrected chi connectivity index (χ1v) is 5.92. The number of pyridine rings is 1. The predicted octanol–water partition coefficient (Wildman–Crippen LogP) is 1.89. The number of carbonyl (C=O) groups excluding carboxylic acids is 1. The van der Waals surface area contributed by atoms with E-state index in [1.54, 1.807) is 42.6 Å². The molecule has 0 saturated heterocycles. The molecule has 0 bridgehead atoms. The smallest absolute Gasteiger partial charge is 0.341 e. The lowest BCUT2D eigenvalue weighted by molar-refractivity contribution is 0.0602. The maximum Gasteiger partial charge on any atom is 0.341 e. The summed E-state index contributed by atoms with van der Waals surface area (Å²) < 4.78 is 6.24. The fraction of sp³-hybridized carbons (Fsp3) is 0.0714. The maximum atomic E-state index is 11.7. The summed E-state index contributed by atoms with van der Waals surface area (Å²) >= 11 is 0. The molecule has 3 rings (SSSR count). The predicted molar refractivity (Wildman–Crippen MR) is 71.4 cm³/mol. The van der Waals surface area contributed by atoms with Crippen molar-refractivity contribution in [2.24, 2.45) is 0 Å². The monoisotopic (exact) mass is 269 g/mol.